The average molecular weight is 390 g/mol. The minimum atomic E-state index is -0.993. The molecule has 0 saturated heterocycles. The molecular weight excluding hydrogens is 364 g/mol. The summed E-state index contributed by atoms with van der Waals surface area (Å²) in [6, 6.07) is 7.36. The number of carbonyl (C=O) groups is 3. The fraction of sp³-hybridized carbons (Fsp3) is 0.476. The summed E-state index contributed by atoms with van der Waals surface area (Å²) in [7, 11) is 0. The third kappa shape index (κ3) is 6.11. The van der Waals surface area contributed by atoms with Crippen molar-refractivity contribution in [3.8, 4) is 5.75 Å². The molecule has 0 bridgehead atoms. The van der Waals surface area contributed by atoms with Crippen molar-refractivity contribution in [2.75, 3.05) is 13.2 Å². The second-order valence-corrected chi connectivity index (χ2v) is 6.81. The molecule has 0 amide bonds. The number of ether oxygens (including phenoxy) is 3. The van der Waals surface area contributed by atoms with E-state index in [1.54, 1.807) is 6.07 Å². The number of carboxylic acids is 1. The van der Waals surface area contributed by atoms with Gasteiger partial charge < -0.3 is 19.3 Å². The molecular formula is C21H26O7. The molecule has 0 aromatic heterocycles. The van der Waals surface area contributed by atoms with Crippen molar-refractivity contribution >= 4 is 17.9 Å². The van der Waals surface area contributed by atoms with E-state index in [1.807, 2.05) is 25.1 Å². The van der Waals surface area contributed by atoms with Crippen LogP contribution < -0.4 is 4.74 Å². The Kier molecular flexibility index (Phi) is 8.04. The summed E-state index contributed by atoms with van der Waals surface area (Å²) in [5, 5.41) is 9.37. The highest BCUT2D eigenvalue weighted by molar-refractivity contribution is 5.82. The minimum Gasteiger partial charge on any atom is -0.489 e. The summed E-state index contributed by atoms with van der Waals surface area (Å²) in [6.45, 7) is 4.99. The predicted octanol–water partition coefficient (Wildman–Crippen LogP) is 2.91. The second-order valence-electron chi connectivity index (χ2n) is 6.81. The first-order valence-corrected chi connectivity index (χ1v) is 9.33. The molecule has 2 rings (SSSR count). The summed E-state index contributed by atoms with van der Waals surface area (Å²) < 4.78 is 16.2. The lowest BCUT2D eigenvalue weighted by Crippen LogP contribution is -2.38. The number of aliphatic carboxylic acids is 1. The van der Waals surface area contributed by atoms with Gasteiger partial charge in [-0.3, -0.25) is 9.59 Å². The topological polar surface area (TPSA) is 99.1 Å². The zero-order valence-electron chi connectivity index (χ0n) is 16.0. The molecule has 152 valence electrons. The van der Waals surface area contributed by atoms with Crippen LogP contribution in [0.3, 0.4) is 0 Å². The maximum absolute atomic E-state index is 12.6. The molecule has 1 aromatic rings. The first kappa shape index (κ1) is 21.5. The van der Waals surface area contributed by atoms with Crippen LogP contribution in [0.1, 0.15) is 31.2 Å². The quantitative estimate of drug-likeness (QED) is 0.511. The number of para-hydroxylation sites is 1. The Morgan fingerprint density at radius 3 is 2.50 bits per heavy atom. The number of hydrogen-bond donors (Lipinski definition) is 1. The van der Waals surface area contributed by atoms with Crippen LogP contribution in [0.25, 0.3) is 0 Å². The number of carboxylic acid groups (broad SMARTS) is 1. The monoisotopic (exact) mass is 390 g/mol. The molecule has 1 aliphatic rings. The lowest BCUT2D eigenvalue weighted by atomic mass is 9.79. The van der Waals surface area contributed by atoms with E-state index in [1.165, 1.54) is 0 Å². The number of hydrogen-bond acceptors (Lipinski definition) is 6. The Labute approximate surface area is 164 Å². The molecule has 0 radical (unpaired) electrons. The van der Waals surface area contributed by atoms with E-state index in [0.717, 1.165) is 24.5 Å². The van der Waals surface area contributed by atoms with Crippen LogP contribution in [-0.2, 0) is 23.9 Å². The Bertz CT molecular complexity index is 712. The number of carbonyl (C=O) groups excluding carboxylic acids is 2. The van der Waals surface area contributed by atoms with Gasteiger partial charge in [-0.25, -0.2) is 4.79 Å². The summed E-state index contributed by atoms with van der Waals surface area (Å²) >= 11 is 0. The summed E-state index contributed by atoms with van der Waals surface area (Å²) in [5.74, 6) is -3.07. The predicted molar refractivity (Wildman–Crippen MR) is 101 cm³/mol. The maximum Gasteiger partial charge on any atom is 0.330 e. The molecule has 7 nitrogen and oxygen atoms in total. The van der Waals surface area contributed by atoms with E-state index in [0.29, 0.717) is 18.6 Å². The molecule has 1 fully saturated rings. The Morgan fingerprint density at radius 1 is 1.18 bits per heavy atom. The van der Waals surface area contributed by atoms with Gasteiger partial charge in [0, 0.05) is 6.08 Å². The van der Waals surface area contributed by atoms with E-state index < -0.39 is 35.8 Å². The summed E-state index contributed by atoms with van der Waals surface area (Å²) in [6.07, 6.45) is 2.63. The van der Waals surface area contributed by atoms with E-state index >= 15 is 0 Å². The SMILES string of the molecule is C=CC(=O)OCC(COc1ccccc1C)OC(=O)C1CCCCC1C(=O)O. The van der Waals surface area contributed by atoms with Crippen LogP contribution in [-0.4, -0.2) is 42.3 Å². The van der Waals surface area contributed by atoms with Gasteiger partial charge in [-0.05, 0) is 31.4 Å². The molecule has 3 atom stereocenters. The first-order valence-electron chi connectivity index (χ1n) is 9.33. The van der Waals surface area contributed by atoms with Gasteiger partial charge in [-0.15, -0.1) is 0 Å². The highest BCUT2D eigenvalue weighted by Gasteiger charge is 2.38. The summed E-state index contributed by atoms with van der Waals surface area (Å²) in [5.41, 5.74) is 0.911. The highest BCUT2D eigenvalue weighted by atomic mass is 16.6. The van der Waals surface area contributed by atoms with Gasteiger partial charge in [0.25, 0.3) is 0 Å². The molecule has 28 heavy (non-hydrogen) atoms. The van der Waals surface area contributed by atoms with Gasteiger partial charge in [-0.1, -0.05) is 37.6 Å². The second kappa shape index (κ2) is 10.5. The van der Waals surface area contributed by atoms with Crippen LogP contribution in [0.4, 0.5) is 0 Å². The lowest BCUT2D eigenvalue weighted by molar-refractivity contribution is -0.169. The number of esters is 2. The van der Waals surface area contributed by atoms with Crippen molar-refractivity contribution < 1.29 is 33.7 Å². The van der Waals surface area contributed by atoms with Crippen LogP contribution in [0.15, 0.2) is 36.9 Å². The maximum atomic E-state index is 12.6. The third-order valence-electron chi connectivity index (χ3n) is 4.77. The zero-order valence-corrected chi connectivity index (χ0v) is 16.0. The van der Waals surface area contributed by atoms with Gasteiger partial charge in [0.1, 0.15) is 19.0 Å². The largest absolute Gasteiger partial charge is 0.489 e. The molecule has 1 N–H and O–H groups in total. The van der Waals surface area contributed by atoms with Gasteiger partial charge in [0.05, 0.1) is 11.8 Å². The van der Waals surface area contributed by atoms with Crippen molar-refractivity contribution in [3.05, 3.63) is 42.5 Å². The minimum absolute atomic E-state index is 0.0223. The van der Waals surface area contributed by atoms with Gasteiger partial charge in [0.15, 0.2) is 6.10 Å². The van der Waals surface area contributed by atoms with Crippen molar-refractivity contribution in [1.29, 1.82) is 0 Å². The standard InChI is InChI=1S/C21H26O7/c1-3-19(22)27-13-15(12-26-18-11-7-4-8-14(18)2)28-21(25)17-10-6-5-9-16(17)20(23)24/h3-4,7-8,11,15-17H,1,5-6,9-10,12-13H2,2H3,(H,23,24). The lowest BCUT2D eigenvalue weighted by Gasteiger charge is -2.28. The molecule has 0 spiro atoms. The number of benzene rings is 1. The van der Waals surface area contributed by atoms with Crippen molar-refractivity contribution in [3.63, 3.8) is 0 Å². The highest BCUT2D eigenvalue weighted by Crippen LogP contribution is 2.31. The molecule has 1 saturated carbocycles. The third-order valence-corrected chi connectivity index (χ3v) is 4.77. The Morgan fingerprint density at radius 2 is 1.86 bits per heavy atom. The normalized spacial score (nSPS) is 19.9. The van der Waals surface area contributed by atoms with Gasteiger partial charge in [0.2, 0.25) is 0 Å². The van der Waals surface area contributed by atoms with Gasteiger partial charge in [-0.2, -0.15) is 0 Å². The average Bonchev–Trinajstić information content (AvgIpc) is 2.70. The number of aryl methyl sites for hydroxylation is 1. The molecule has 0 aliphatic heterocycles. The fourth-order valence-electron chi connectivity index (χ4n) is 3.21. The molecule has 3 unspecified atom stereocenters. The molecule has 7 heteroatoms. The first-order chi connectivity index (χ1) is 13.4. The fourth-order valence-corrected chi connectivity index (χ4v) is 3.21. The molecule has 1 aromatic carbocycles. The Balaban J connectivity index is 2.03. The van der Waals surface area contributed by atoms with Crippen LogP contribution in [0, 0.1) is 18.8 Å². The zero-order chi connectivity index (χ0) is 20.5. The van der Waals surface area contributed by atoms with Crippen molar-refractivity contribution in [1.82, 2.24) is 0 Å². The molecule has 0 heterocycles. The Hall–Kier alpha value is -2.83. The van der Waals surface area contributed by atoms with E-state index in [4.69, 9.17) is 14.2 Å². The van der Waals surface area contributed by atoms with Crippen LogP contribution in [0.5, 0.6) is 5.75 Å². The summed E-state index contributed by atoms with van der Waals surface area (Å²) in [4.78, 5) is 35.4. The van der Waals surface area contributed by atoms with Crippen molar-refractivity contribution in [2.24, 2.45) is 11.8 Å². The van der Waals surface area contributed by atoms with Gasteiger partial charge >= 0.3 is 17.9 Å². The smallest absolute Gasteiger partial charge is 0.330 e. The van der Waals surface area contributed by atoms with Crippen LogP contribution in [0.2, 0.25) is 0 Å². The van der Waals surface area contributed by atoms with Crippen molar-refractivity contribution in [2.45, 2.75) is 38.7 Å². The van der Waals surface area contributed by atoms with E-state index in [2.05, 4.69) is 6.58 Å². The van der Waals surface area contributed by atoms with Crippen LogP contribution >= 0.6 is 0 Å². The molecule has 1 aliphatic carbocycles. The van der Waals surface area contributed by atoms with E-state index in [9.17, 15) is 19.5 Å². The van der Waals surface area contributed by atoms with E-state index in [-0.39, 0.29) is 13.2 Å². The number of rotatable bonds is 9.